The predicted molar refractivity (Wildman–Crippen MR) is 102 cm³/mol. The zero-order valence-corrected chi connectivity index (χ0v) is 14.7. The normalized spacial score (nSPS) is 13.1. The van der Waals surface area contributed by atoms with E-state index in [0.29, 0.717) is 16.8 Å². The summed E-state index contributed by atoms with van der Waals surface area (Å²) in [5.41, 5.74) is 2.60. The van der Waals surface area contributed by atoms with Crippen LogP contribution in [0.4, 0.5) is 5.69 Å². The molecule has 0 unspecified atom stereocenters. The average Bonchev–Trinajstić information content (AvgIpc) is 3.15. The molecule has 2 N–H and O–H groups in total. The van der Waals surface area contributed by atoms with Gasteiger partial charge in [-0.1, -0.05) is 53.7 Å². The summed E-state index contributed by atoms with van der Waals surface area (Å²) in [6.45, 7) is 3.49. The molecule has 1 aliphatic rings. The molecule has 0 radical (unpaired) electrons. The number of amides is 1. The second-order valence-electron chi connectivity index (χ2n) is 5.69. The van der Waals surface area contributed by atoms with Gasteiger partial charge in [-0.2, -0.15) is 0 Å². The van der Waals surface area contributed by atoms with Gasteiger partial charge in [-0.3, -0.25) is 14.6 Å². The van der Waals surface area contributed by atoms with E-state index in [0.717, 1.165) is 23.8 Å². The van der Waals surface area contributed by atoms with E-state index < -0.39 is 0 Å². The van der Waals surface area contributed by atoms with E-state index in [-0.39, 0.29) is 17.4 Å². The fourth-order valence-electron chi connectivity index (χ4n) is 2.49. The average molecular weight is 353 g/mol. The van der Waals surface area contributed by atoms with Gasteiger partial charge >= 0.3 is 0 Å². The summed E-state index contributed by atoms with van der Waals surface area (Å²) < 4.78 is 0. The first-order chi connectivity index (χ1) is 12.1. The highest BCUT2D eigenvalue weighted by Gasteiger charge is 2.16. The standard InChI is InChI=1S/C19H19N3O2S/c1-13-7-8-16(22-17(23)12-25-19-20-9-10-21-19)15(11-13)18(24)14-5-3-2-4-6-14/h2-8,11H,9-10,12H2,1H3,(H,20,21)(H,22,23). The lowest BCUT2D eigenvalue weighted by molar-refractivity contribution is -0.113. The third kappa shape index (κ3) is 4.48. The molecular formula is C19H19N3O2S. The number of rotatable bonds is 5. The first kappa shape index (κ1) is 17.2. The van der Waals surface area contributed by atoms with Crippen LogP contribution in [0.1, 0.15) is 21.5 Å². The molecule has 0 spiro atoms. The van der Waals surface area contributed by atoms with E-state index in [1.165, 1.54) is 11.8 Å². The Morgan fingerprint density at radius 3 is 2.72 bits per heavy atom. The van der Waals surface area contributed by atoms with Crippen LogP contribution in [0.5, 0.6) is 0 Å². The number of ketones is 1. The highest BCUT2D eigenvalue weighted by atomic mass is 32.2. The van der Waals surface area contributed by atoms with Crippen molar-refractivity contribution in [2.45, 2.75) is 6.92 Å². The van der Waals surface area contributed by atoms with Crippen molar-refractivity contribution in [2.75, 3.05) is 24.2 Å². The number of hydrogen-bond acceptors (Lipinski definition) is 5. The molecule has 25 heavy (non-hydrogen) atoms. The maximum atomic E-state index is 12.8. The summed E-state index contributed by atoms with van der Waals surface area (Å²) >= 11 is 1.37. The quantitative estimate of drug-likeness (QED) is 0.811. The van der Waals surface area contributed by atoms with Crippen molar-refractivity contribution < 1.29 is 9.59 Å². The van der Waals surface area contributed by atoms with E-state index in [9.17, 15) is 9.59 Å². The number of carbonyl (C=O) groups excluding carboxylic acids is 2. The Morgan fingerprint density at radius 1 is 1.20 bits per heavy atom. The second kappa shape index (κ2) is 7.98. The Bertz CT molecular complexity index is 819. The van der Waals surface area contributed by atoms with Gasteiger partial charge in [0, 0.05) is 17.7 Å². The lowest BCUT2D eigenvalue weighted by Crippen LogP contribution is -2.21. The minimum atomic E-state index is -0.160. The molecule has 0 bridgehead atoms. The first-order valence-corrected chi connectivity index (χ1v) is 9.03. The highest BCUT2D eigenvalue weighted by Crippen LogP contribution is 2.21. The summed E-state index contributed by atoms with van der Waals surface area (Å²) in [5.74, 6) is -0.0139. The molecule has 0 saturated carbocycles. The lowest BCUT2D eigenvalue weighted by atomic mass is 10.00. The van der Waals surface area contributed by atoms with Crippen LogP contribution in [-0.4, -0.2) is 35.7 Å². The Balaban J connectivity index is 1.74. The molecule has 1 aliphatic heterocycles. The van der Waals surface area contributed by atoms with Crippen LogP contribution in [0.3, 0.4) is 0 Å². The Kier molecular flexibility index (Phi) is 5.50. The van der Waals surface area contributed by atoms with E-state index in [4.69, 9.17) is 0 Å². The molecule has 6 heteroatoms. The number of nitrogens with one attached hydrogen (secondary N) is 2. The highest BCUT2D eigenvalue weighted by molar-refractivity contribution is 8.14. The minimum Gasteiger partial charge on any atom is -0.363 e. The van der Waals surface area contributed by atoms with Crippen molar-refractivity contribution in [3.05, 3.63) is 65.2 Å². The molecular weight excluding hydrogens is 334 g/mol. The van der Waals surface area contributed by atoms with Crippen molar-refractivity contribution in [1.82, 2.24) is 5.32 Å². The van der Waals surface area contributed by atoms with Crippen LogP contribution in [0, 0.1) is 6.92 Å². The topological polar surface area (TPSA) is 70.6 Å². The molecule has 0 aromatic heterocycles. The summed E-state index contributed by atoms with van der Waals surface area (Å²) in [6.07, 6.45) is 0. The number of aliphatic imine (C=N–C) groups is 1. The van der Waals surface area contributed by atoms with Gasteiger partial charge in [0.15, 0.2) is 11.0 Å². The minimum absolute atomic E-state index is 0.103. The Labute approximate surface area is 150 Å². The number of nitrogens with zero attached hydrogens (tertiary/aromatic N) is 1. The number of thioether (sulfide) groups is 1. The Hall–Kier alpha value is -2.60. The first-order valence-electron chi connectivity index (χ1n) is 8.05. The molecule has 1 heterocycles. The van der Waals surface area contributed by atoms with Crippen molar-refractivity contribution in [2.24, 2.45) is 4.99 Å². The van der Waals surface area contributed by atoms with Gasteiger partial charge < -0.3 is 10.6 Å². The van der Waals surface area contributed by atoms with Gasteiger partial charge in [0.2, 0.25) is 5.91 Å². The molecule has 5 nitrogen and oxygen atoms in total. The van der Waals surface area contributed by atoms with Gasteiger partial charge in [0.25, 0.3) is 0 Å². The van der Waals surface area contributed by atoms with Crippen molar-refractivity contribution in [1.29, 1.82) is 0 Å². The number of benzene rings is 2. The molecule has 0 aliphatic carbocycles. The molecule has 128 valence electrons. The van der Waals surface area contributed by atoms with E-state index in [1.54, 1.807) is 24.3 Å². The third-order valence-corrected chi connectivity index (χ3v) is 4.67. The molecule has 0 saturated heterocycles. The third-order valence-electron chi connectivity index (χ3n) is 3.71. The summed E-state index contributed by atoms with van der Waals surface area (Å²) in [5, 5.41) is 6.75. The molecule has 2 aromatic carbocycles. The maximum Gasteiger partial charge on any atom is 0.234 e. The summed E-state index contributed by atoms with van der Waals surface area (Å²) in [7, 11) is 0. The van der Waals surface area contributed by atoms with Crippen LogP contribution in [0.2, 0.25) is 0 Å². The number of anilines is 1. The number of amidine groups is 1. The number of hydrogen-bond donors (Lipinski definition) is 2. The Morgan fingerprint density at radius 2 is 2.00 bits per heavy atom. The van der Waals surface area contributed by atoms with Crippen molar-refractivity contribution in [3.8, 4) is 0 Å². The summed E-state index contributed by atoms with van der Waals surface area (Å²) in [6, 6.07) is 14.5. The molecule has 3 rings (SSSR count). The zero-order valence-electron chi connectivity index (χ0n) is 13.9. The van der Waals surface area contributed by atoms with E-state index in [2.05, 4.69) is 15.6 Å². The molecule has 2 aromatic rings. The molecule has 0 atom stereocenters. The van der Waals surface area contributed by atoms with Crippen LogP contribution < -0.4 is 10.6 Å². The van der Waals surface area contributed by atoms with Crippen LogP contribution in [0.15, 0.2) is 53.5 Å². The van der Waals surface area contributed by atoms with E-state index in [1.807, 2.05) is 31.2 Å². The number of carbonyl (C=O) groups is 2. The van der Waals surface area contributed by atoms with Gasteiger partial charge in [0.05, 0.1) is 18.0 Å². The SMILES string of the molecule is Cc1ccc(NC(=O)CSC2=NCCN2)c(C(=O)c2ccccc2)c1. The fraction of sp³-hybridized carbons (Fsp3) is 0.211. The summed E-state index contributed by atoms with van der Waals surface area (Å²) in [4.78, 5) is 29.3. The van der Waals surface area contributed by atoms with Crippen molar-refractivity contribution in [3.63, 3.8) is 0 Å². The maximum absolute atomic E-state index is 12.8. The van der Waals surface area contributed by atoms with Crippen LogP contribution in [-0.2, 0) is 4.79 Å². The fourth-order valence-corrected chi connectivity index (χ4v) is 3.22. The lowest BCUT2D eigenvalue weighted by Gasteiger charge is -2.11. The molecule has 0 fully saturated rings. The molecule has 1 amide bonds. The predicted octanol–water partition coefficient (Wildman–Crippen LogP) is 2.86. The number of aryl methyl sites for hydroxylation is 1. The van der Waals surface area contributed by atoms with Crippen LogP contribution >= 0.6 is 11.8 Å². The monoisotopic (exact) mass is 353 g/mol. The second-order valence-corrected chi connectivity index (χ2v) is 6.66. The smallest absolute Gasteiger partial charge is 0.234 e. The van der Waals surface area contributed by atoms with Gasteiger partial charge in [-0.25, -0.2) is 0 Å². The van der Waals surface area contributed by atoms with Gasteiger partial charge in [-0.05, 0) is 19.1 Å². The van der Waals surface area contributed by atoms with Gasteiger partial charge in [0.1, 0.15) is 0 Å². The van der Waals surface area contributed by atoms with E-state index >= 15 is 0 Å². The van der Waals surface area contributed by atoms with Crippen molar-refractivity contribution >= 4 is 34.3 Å². The van der Waals surface area contributed by atoms with Gasteiger partial charge in [-0.15, -0.1) is 0 Å². The van der Waals surface area contributed by atoms with Crippen LogP contribution in [0.25, 0.3) is 0 Å². The zero-order chi connectivity index (χ0) is 17.6. The largest absolute Gasteiger partial charge is 0.363 e.